The van der Waals surface area contributed by atoms with Crippen molar-refractivity contribution in [3.63, 3.8) is 0 Å². The molecule has 20 heavy (non-hydrogen) atoms. The lowest BCUT2D eigenvalue weighted by molar-refractivity contribution is 0.102. The Kier molecular flexibility index (Phi) is 3.81. The van der Waals surface area contributed by atoms with Gasteiger partial charge in [-0.1, -0.05) is 15.9 Å². The van der Waals surface area contributed by atoms with Gasteiger partial charge in [0.25, 0.3) is 5.91 Å². The molecule has 0 radical (unpaired) electrons. The number of amides is 1. The number of carbonyl (C=O) groups is 1. The van der Waals surface area contributed by atoms with Crippen molar-refractivity contribution in [2.24, 2.45) is 0 Å². The highest BCUT2D eigenvalue weighted by Gasteiger charge is 2.14. The van der Waals surface area contributed by atoms with E-state index in [9.17, 15) is 4.79 Å². The molecule has 0 saturated carbocycles. The molecule has 0 fully saturated rings. The molecule has 0 aliphatic carbocycles. The van der Waals surface area contributed by atoms with E-state index in [1.807, 2.05) is 36.4 Å². The first kappa shape index (κ1) is 13.6. The van der Waals surface area contributed by atoms with E-state index in [1.165, 1.54) is 5.56 Å². The lowest BCUT2D eigenvalue weighted by Gasteiger charge is -2.09. The van der Waals surface area contributed by atoms with Crippen molar-refractivity contribution in [1.29, 1.82) is 0 Å². The molecular weight excluding hydrogens is 384 g/mol. The second-order valence-electron chi connectivity index (χ2n) is 4.63. The number of anilines is 2. The van der Waals surface area contributed by atoms with Gasteiger partial charge in [0, 0.05) is 26.7 Å². The molecule has 0 aromatic heterocycles. The Labute approximate surface area is 134 Å². The van der Waals surface area contributed by atoms with E-state index in [0.717, 1.165) is 33.3 Å². The Bertz CT molecular complexity index is 686. The lowest BCUT2D eigenvalue weighted by atomic mass is 10.1. The number of hydrogen-bond acceptors (Lipinski definition) is 2. The number of carbonyl (C=O) groups excluding carboxylic acids is 1. The quantitative estimate of drug-likeness (QED) is 0.789. The summed E-state index contributed by atoms with van der Waals surface area (Å²) in [6.07, 6.45) is 0.969. The molecule has 3 rings (SSSR count). The van der Waals surface area contributed by atoms with Crippen molar-refractivity contribution in [2.75, 3.05) is 17.2 Å². The lowest BCUT2D eigenvalue weighted by Crippen LogP contribution is -2.12. The molecule has 2 aromatic carbocycles. The molecule has 0 spiro atoms. The minimum absolute atomic E-state index is 0.0986. The van der Waals surface area contributed by atoms with Crippen LogP contribution in [-0.2, 0) is 6.42 Å². The van der Waals surface area contributed by atoms with E-state index in [2.05, 4.69) is 42.5 Å². The average Bonchev–Trinajstić information content (AvgIpc) is 2.90. The molecule has 0 saturated heterocycles. The van der Waals surface area contributed by atoms with Crippen LogP contribution in [0.5, 0.6) is 0 Å². The van der Waals surface area contributed by atoms with Gasteiger partial charge in [-0.15, -0.1) is 0 Å². The van der Waals surface area contributed by atoms with Gasteiger partial charge in [-0.25, -0.2) is 0 Å². The SMILES string of the molecule is O=C(Nc1cc(Br)ccc1Br)c1ccc2c(c1)CCN2. The van der Waals surface area contributed by atoms with Crippen molar-refractivity contribution in [3.8, 4) is 0 Å². The van der Waals surface area contributed by atoms with Crippen molar-refractivity contribution < 1.29 is 4.79 Å². The summed E-state index contributed by atoms with van der Waals surface area (Å²) in [7, 11) is 0. The van der Waals surface area contributed by atoms with Crippen LogP contribution in [0.2, 0.25) is 0 Å². The summed E-state index contributed by atoms with van der Waals surface area (Å²) >= 11 is 6.84. The fourth-order valence-corrected chi connectivity index (χ4v) is 2.94. The van der Waals surface area contributed by atoms with E-state index in [0.29, 0.717) is 5.56 Å². The summed E-state index contributed by atoms with van der Waals surface area (Å²) < 4.78 is 1.78. The zero-order valence-electron chi connectivity index (χ0n) is 10.5. The number of rotatable bonds is 2. The highest BCUT2D eigenvalue weighted by molar-refractivity contribution is 9.11. The summed E-state index contributed by atoms with van der Waals surface area (Å²) in [5.41, 5.74) is 3.76. The first-order valence-corrected chi connectivity index (χ1v) is 7.85. The fraction of sp³-hybridized carbons (Fsp3) is 0.133. The van der Waals surface area contributed by atoms with E-state index in [-0.39, 0.29) is 5.91 Å². The number of hydrogen-bond donors (Lipinski definition) is 2. The van der Waals surface area contributed by atoms with Crippen LogP contribution in [0.1, 0.15) is 15.9 Å². The van der Waals surface area contributed by atoms with Gasteiger partial charge in [-0.3, -0.25) is 4.79 Å². The Morgan fingerprint density at radius 3 is 2.85 bits per heavy atom. The van der Waals surface area contributed by atoms with Crippen LogP contribution in [0, 0.1) is 0 Å². The van der Waals surface area contributed by atoms with Crippen LogP contribution in [-0.4, -0.2) is 12.5 Å². The fourth-order valence-electron chi connectivity index (χ4n) is 2.23. The Hall–Kier alpha value is -1.33. The highest BCUT2D eigenvalue weighted by Crippen LogP contribution is 2.27. The summed E-state index contributed by atoms with van der Waals surface area (Å²) in [5, 5.41) is 6.21. The molecule has 1 aliphatic rings. The number of nitrogens with one attached hydrogen (secondary N) is 2. The Morgan fingerprint density at radius 2 is 2.00 bits per heavy atom. The van der Waals surface area contributed by atoms with Crippen LogP contribution < -0.4 is 10.6 Å². The summed E-state index contributed by atoms with van der Waals surface area (Å²) in [6, 6.07) is 11.5. The van der Waals surface area contributed by atoms with E-state index in [4.69, 9.17) is 0 Å². The molecule has 5 heteroatoms. The zero-order valence-corrected chi connectivity index (χ0v) is 13.7. The standard InChI is InChI=1S/C15H12Br2N2O/c16-11-2-3-12(17)14(8-11)19-15(20)10-1-4-13-9(7-10)5-6-18-13/h1-4,7-8,18H,5-6H2,(H,19,20). The predicted octanol–water partition coefficient (Wildman–Crippen LogP) is 4.43. The normalized spacial score (nSPS) is 12.7. The van der Waals surface area contributed by atoms with E-state index < -0.39 is 0 Å². The first-order chi connectivity index (χ1) is 9.63. The minimum atomic E-state index is -0.0986. The molecule has 2 aromatic rings. The number of halogens is 2. The molecule has 102 valence electrons. The van der Waals surface area contributed by atoms with E-state index >= 15 is 0 Å². The third kappa shape index (κ3) is 2.74. The van der Waals surface area contributed by atoms with Gasteiger partial charge in [0.15, 0.2) is 0 Å². The van der Waals surface area contributed by atoms with Gasteiger partial charge >= 0.3 is 0 Å². The van der Waals surface area contributed by atoms with E-state index in [1.54, 1.807) is 0 Å². The average molecular weight is 396 g/mol. The molecule has 0 bridgehead atoms. The molecule has 3 nitrogen and oxygen atoms in total. The second-order valence-corrected chi connectivity index (χ2v) is 6.40. The maximum atomic E-state index is 12.3. The minimum Gasteiger partial charge on any atom is -0.384 e. The van der Waals surface area contributed by atoms with Crippen LogP contribution in [0.25, 0.3) is 0 Å². The maximum absolute atomic E-state index is 12.3. The summed E-state index contributed by atoms with van der Waals surface area (Å²) in [6.45, 7) is 0.942. The van der Waals surface area contributed by atoms with Gasteiger partial charge in [0.1, 0.15) is 0 Å². The summed E-state index contributed by atoms with van der Waals surface area (Å²) in [5.74, 6) is -0.0986. The summed E-state index contributed by atoms with van der Waals surface area (Å²) in [4.78, 5) is 12.3. The largest absolute Gasteiger partial charge is 0.384 e. The maximum Gasteiger partial charge on any atom is 0.255 e. The van der Waals surface area contributed by atoms with Crippen LogP contribution >= 0.6 is 31.9 Å². The molecule has 1 amide bonds. The van der Waals surface area contributed by atoms with Crippen LogP contribution in [0.15, 0.2) is 45.3 Å². The van der Waals surface area contributed by atoms with Crippen LogP contribution in [0.4, 0.5) is 11.4 Å². The number of fused-ring (bicyclic) bond motifs is 1. The van der Waals surface area contributed by atoms with Gasteiger partial charge in [0.05, 0.1) is 5.69 Å². The Balaban J connectivity index is 1.84. The third-order valence-corrected chi connectivity index (χ3v) is 4.44. The molecule has 0 unspecified atom stereocenters. The van der Waals surface area contributed by atoms with Crippen molar-refractivity contribution in [2.45, 2.75) is 6.42 Å². The topological polar surface area (TPSA) is 41.1 Å². The first-order valence-electron chi connectivity index (χ1n) is 6.27. The molecular formula is C15H12Br2N2O. The van der Waals surface area contributed by atoms with Crippen molar-refractivity contribution >= 4 is 49.1 Å². The highest BCUT2D eigenvalue weighted by atomic mass is 79.9. The predicted molar refractivity (Wildman–Crippen MR) is 88.4 cm³/mol. The monoisotopic (exact) mass is 394 g/mol. The smallest absolute Gasteiger partial charge is 0.255 e. The molecule has 1 heterocycles. The second kappa shape index (κ2) is 5.58. The van der Waals surface area contributed by atoms with Gasteiger partial charge in [-0.05, 0) is 64.3 Å². The molecule has 1 aliphatic heterocycles. The van der Waals surface area contributed by atoms with Crippen molar-refractivity contribution in [1.82, 2.24) is 0 Å². The third-order valence-electron chi connectivity index (χ3n) is 3.25. The molecule has 0 atom stereocenters. The zero-order chi connectivity index (χ0) is 14.1. The van der Waals surface area contributed by atoms with Gasteiger partial charge in [-0.2, -0.15) is 0 Å². The molecule has 2 N–H and O–H groups in total. The van der Waals surface area contributed by atoms with Gasteiger partial charge < -0.3 is 10.6 Å². The van der Waals surface area contributed by atoms with Crippen molar-refractivity contribution in [3.05, 3.63) is 56.5 Å². The Morgan fingerprint density at radius 1 is 1.15 bits per heavy atom. The van der Waals surface area contributed by atoms with Gasteiger partial charge in [0.2, 0.25) is 0 Å². The van der Waals surface area contributed by atoms with Crippen LogP contribution in [0.3, 0.4) is 0 Å². The number of benzene rings is 2.